The minimum absolute atomic E-state index is 0.414. The summed E-state index contributed by atoms with van der Waals surface area (Å²) >= 11 is 0. The Labute approximate surface area is 151 Å². The van der Waals surface area contributed by atoms with E-state index < -0.39 is 6.10 Å². The van der Waals surface area contributed by atoms with Crippen molar-refractivity contribution in [1.29, 1.82) is 0 Å². The smallest absolute Gasteiger partial charge is 0.111 e. The maximum absolute atomic E-state index is 10.5. The Bertz CT molecular complexity index is 1030. The summed E-state index contributed by atoms with van der Waals surface area (Å²) in [6, 6.07) is 11.9. The van der Waals surface area contributed by atoms with E-state index in [2.05, 4.69) is 41.0 Å². The number of fused-ring (bicyclic) bond motifs is 1. The number of aliphatic hydroxyl groups is 1. The van der Waals surface area contributed by atoms with Crippen molar-refractivity contribution in [2.75, 3.05) is 0 Å². The summed E-state index contributed by atoms with van der Waals surface area (Å²) in [5, 5.41) is 15.0. The lowest BCUT2D eigenvalue weighted by Gasteiger charge is -2.13. The molecule has 26 heavy (non-hydrogen) atoms. The van der Waals surface area contributed by atoms with Gasteiger partial charge < -0.3 is 9.67 Å². The Hall–Kier alpha value is -2.99. The van der Waals surface area contributed by atoms with Crippen LogP contribution in [-0.4, -0.2) is 35.5 Å². The lowest BCUT2D eigenvalue weighted by atomic mass is 10.1. The van der Waals surface area contributed by atoms with Gasteiger partial charge in [0.15, 0.2) is 0 Å². The van der Waals surface area contributed by atoms with Gasteiger partial charge in [-0.3, -0.25) is 9.67 Å². The van der Waals surface area contributed by atoms with E-state index in [1.807, 2.05) is 35.0 Å². The van der Waals surface area contributed by atoms with Crippen LogP contribution in [0.25, 0.3) is 22.4 Å². The molecule has 4 aromatic rings. The number of aromatic nitrogens is 5. The molecule has 1 aromatic carbocycles. The molecule has 6 nitrogen and oxygen atoms in total. The van der Waals surface area contributed by atoms with Gasteiger partial charge in [0.2, 0.25) is 0 Å². The molecule has 0 fully saturated rings. The summed E-state index contributed by atoms with van der Waals surface area (Å²) in [6.07, 6.45) is 4.84. The Balaban J connectivity index is 1.49. The van der Waals surface area contributed by atoms with Crippen molar-refractivity contribution in [3.63, 3.8) is 0 Å². The Morgan fingerprint density at radius 2 is 1.85 bits per heavy atom. The van der Waals surface area contributed by atoms with Gasteiger partial charge in [0, 0.05) is 12.4 Å². The normalized spacial score (nSPS) is 12.6. The largest absolute Gasteiger partial charge is 0.389 e. The van der Waals surface area contributed by atoms with Gasteiger partial charge in [0.25, 0.3) is 0 Å². The lowest BCUT2D eigenvalue weighted by molar-refractivity contribution is 0.131. The number of hydrogen-bond acceptors (Lipinski definition) is 4. The maximum atomic E-state index is 10.5. The molecule has 1 N–H and O–H groups in total. The zero-order valence-corrected chi connectivity index (χ0v) is 14.9. The predicted octanol–water partition coefficient (Wildman–Crippen LogP) is 2.97. The molecule has 0 aliphatic rings. The van der Waals surface area contributed by atoms with Gasteiger partial charge in [-0.05, 0) is 55.3 Å². The summed E-state index contributed by atoms with van der Waals surface area (Å²) in [5.74, 6) is 0. The van der Waals surface area contributed by atoms with Crippen LogP contribution in [0, 0.1) is 13.8 Å². The van der Waals surface area contributed by atoms with Crippen molar-refractivity contribution >= 4 is 11.0 Å². The molecule has 6 heteroatoms. The van der Waals surface area contributed by atoms with E-state index in [1.165, 1.54) is 11.1 Å². The molecule has 3 aromatic heterocycles. The van der Waals surface area contributed by atoms with Gasteiger partial charge >= 0.3 is 0 Å². The van der Waals surface area contributed by atoms with Gasteiger partial charge in [-0.2, -0.15) is 5.10 Å². The van der Waals surface area contributed by atoms with E-state index in [-0.39, 0.29) is 0 Å². The third kappa shape index (κ3) is 3.23. The number of imidazole rings is 1. The first kappa shape index (κ1) is 16.5. The molecule has 0 amide bonds. The average molecular weight is 347 g/mol. The van der Waals surface area contributed by atoms with E-state index >= 15 is 0 Å². The van der Waals surface area contributed by atoms with E-state index in [4.69, 9.17) is 0 Å². The molecule has 1 atom stereocenters. The number of rotatable bonds is 5. The second kappa shape index (κ2) is 6.72. The topological polar surface area (TPSA) is 68.8 Å². The quantitative estimate of drug-likeness (QED) is 0.603. The second-order valence-electron chi connectivity index (χ2n) is 6.61. The molecular formula is C20H21N5O. The van der Waals surface area contributed by atoms with Crippen LogP contribution in [0.3, 0.4) is 0 Å². The minimum atomic E-state index is -0.564. The van der Waals surface area contributed by atoms with Gasteiger partial charge in [-0.15, -0.1) is 0 Å². The average Bonchev–Trinajstić information content (AvgIpc) is 3.24. The van der Waals surface area contributed by atoms with Crippen LogP contribution in [0.5, 0.6) is 0 Å². The van der Waals surface area contributed by atoms with Crippen molar-refractivity contribution in [2.24, 2.45) is 0 Å². The van der Waals surface area contributed by atoms with Crippen molar-refractivity contribution in [1.82, 2.24) is 24.3 Å². The standard InChI is InChI=1S/C20H21N5O/c1-14-9-19-20(10-15(14)2)24(13-22-19)11-16(26)12-25-8-6-18(23-25)17-5-3-4-7-21-17/h3-10,13,16,26H,11-12H2,1-2H3. The monoisotopic (exact) mass is 347 g/mol. The number of aliphatic hydroxyl groups excluding tert-OH is 1. The number of benzene rings is 1. The van der Waals surface area contributed by atoms with E-state index in [1.54, 1.807) is 17.2 Å². The van der Waals surface area contributed by atoms with Crippen LogP contribution in [0.4, 0.5) is 0 Å². The predicted molar refractivity (Wildman–Crippen MR) is 101 cm³/mol. The van der Waals surface area contributed by atoms with Crippen LogP contribution in [-0.2, 0) is 13.1 Å². The molecule has 0 bridgehead atoms. The Kier molecular flexibility index (Phi) is 4.26. The van der Waals surface area contributed by atoms with Gasteiger partial charge in [-0.25, -0.2) is 4.98 Å². The first-order chi connectivity index (χ1) is 12.6. The van der Waals surface area contributed by atoms with E-state index in [0.29, 0.717) is 13.1 Å². The third-order valence-electron chi connectivity index (χ3n) is 4.61. The van der Waals surface area contributed by atoms with Crippen LogP contribution < -0.4 is 0 Å². The molecule has 3 heterocycles. The summed E-state index contributed by atoms with van der Waals surface area (Å²) in [7, 11) is 0. The fraction of sp³-hybridized carbons (Fsp3) is 0.250. The molecule has 0 aliphatic heterocycles. The summed E-state index contributed by atoms with van der Waals surface area (Å²) < 4.78 is 3.75. The number of pyridine rings is 1. The highest BCUT2D eigenvalue weighted by Gasteiger charge is 2.12. The van der Waals surface area contributed by atoms with E-state index in [9.17, 15) is 5.11 Å². The van der Waals surface area contributed by atoms with Crippen molar-refractivity contribution in [3.8, 4) is 11.4 Å². The minimum Gasteiger partial charge on any atom is -0.389 e. The van der Waals surface area contributed by atoms with Crippen LogP contribution in [0.15, 0.2) is 55.1 Å². The van der Waals surface area contributed by atoms with Crippen LogP contribution in [0.2, 0.25) is 0 Å². The SMILES string of the molecule is Cc1cc2ncn(CC(O)Cn3ccc(-c4ccccn4)n3)c2cc1C. The third-order valence-corrected chi connectivity index (χ3v) is 4.61. The summed E-state index contributed by atoms with van der Waals surface area (Å²) in [4.78, 5) is 8.75. The second-order valence-corrected chi connectivity index (χ2v) is 6.61. The van der Waals surface area contributed by atoms with Crippen molar-refractivity contribution in [3.05, 3.63) is 66.2 Å². The van der Waals surface area contributed by atoms with Crippen molar-refractivity contribution in [2.45, 2.75) is 33.0 Å². The fourth-order valence-corrected chi connectivity index (χ4v) is 3.07. The molecule has 0 radical (unpaired) electrons. The highest BCUT2D eigenvalue weighted by molar-refractivity contribution is 5.77. The lowest BCUT2D eigenvalue weighted by Crippen LogP contribution is -2.22. The zero-order chi connectivity index (χ0) is 18.1. The van der Waals surface area contributed by atoms with Gasteiger partial charge in [0.1, 0.15) is 5.69 Å². The molecule has 0 aliphatic carbocycles. The number of aryl methyl sites for hydroxylation is 2. The molecule has 0 spiro atoms. The van der Waals surface area contributed by atoms with Gasteiger partial charge in [0.05, 0.1) is 42.2 Å². The molecule has 132 valence electrons. The fourth-order valence-electron chi connectivity index (χ4n) is 3.07. The highest BCUT2D eigenvalue weighted by atomic mass is 16.3. The van der Waals surface area contributed by atoms with E-state index in [0.717, 1.165) is 22.4 Å². The molecule has 0 saturated heterocycles. The highest BCUT2D eigenvalue weighted by Crippen LogP contribution is 2.19. The number of nitrogens with zero attached hydrogens (tertiary/aromatic N) is 5. The Morgan fingerprint density at radius 1 is 1.00 bits per heavy atom. The molecule has 0 saturated carbocycles. The summed E-state index contributed by atoms with van der Waals surface area (Å²) in [6.45, 7) is 5.06. The molecular weight excluding hydrogens is 326 g/mol. The zero-order valence-electron chi connectivity index (χ0n) is 14.9. The van der Waals surface area contributed by atoms with Crippen LogP contribution in [0.1, 0.15) is 11.1 Å². The first-order valence-electron chi connectivity index (χ1n) is 8.65. The van der Waals surface area contributed by atoms with Crippen molar-refractivity contribution < 1.29 is 5.11 Å². The van der Waals surface area contributed by atoms with Gasteiger partial charge in [-0.1, -0.05) is 6.07 Å². The Morgan fingerprint density at radius 3 is 2.65 bits per heavy atom. The van der Waals surface area contributed by atoms with Crippen LogP contribution >= 0.6 is 0 Å². The molecule has 1 unspecified atom stereocenters. The first-order valence-corrected chi connectivity index (χ1v) is 8.65. The molecule has 4 rings (SSSR count). The summed E-state index contributed by atoms with van der Waals surface area (Å²) in [5.41, 5.74) is 6.07. The number of hydrogen-bond donors (Lipinski definition) is 1. The maximum Gasteiger partial charge on any atom is 0.111 e.